The highest BCUT2D eigenvalue weighted by Gasteiger charge is 2.00. The molecule has 0 radical (unpaired) electrons. The summed E-state index contributed by atoms with van der Waals surface area (Å²) >= 11 is 0. The van der Waals surface area contributed by atoms with Gasteiger partial charge in [0, 0.05) is 7.05 Å². The van der Waals surface area contributed by atoms with Gasteiger partial charge >= 0.3 is 0 Å². The summed E-state index contributed by atoms with van der Waals surface area (Å²) in [6, 6.07) is 5.63. The Labute approximate surface area is 72.2 Å². The molecule has 0 aliphatic rings. The van der Waals surface area contributed by atoms with E-state index < -0.39 is 0 Å². The van der Waals surface area contributed by atoms with Crippen molar-refractivity contribution >= 4 is 17.5 Å². The van der Waals surface area contributed by atoms with Crippen molar-refractivity contribution in [2.24, 2.45) is 5.84 Å². The van der Waals surface area contributed by atoms with Crippen LogP contribution in [0.15, 0.2) is 24.8 Å². The average molecular weight is 163 g/mol. The first-order chi connectivity index (χ1) is 5.65. The maximum atomic E-state index is 5.73. The van der Waals surface area contributed by atoms with Crippen molar-refractivity contribution in [3.8, 4) is 0 Å². The topological polar surface area (TPSA) is 55.3 Å². The highest BCUT2D eigenvalue weighted by Crippen LogP contribution is 2.21. The number of nitrogens with two attached hydrogens (primary N) is 2. The molecule has 0 aliphatic heterocycles. The largest absolute Gasteiger partial charge is 0.397 e. The predicted molar refractivity (Wildman–Crippen MR) is 53.5 cm³/mol. The zero-order chi connectivity index (χ0) is 9.14. The number of anilines is 2. The molecule has 1 rings (SSSR count). The van der Waals surface area contributed by atoms with Gasteiger partial charge in [0.1, 0.15) is 0 Å². The van der Waals surface area contributed by atoms with Crippen LogP contribution in [-0.4, -0.2) is 7.05 Å². The van der Waals surface area contributed by atoms with Gasteiger partial charge in [-0.15, -0.1) is 0 Å². The lowest BCUT2D eigenvalue weighted by atomic mass is 10.2. The molecule has 0 fully saturated rings. The molecule has 0 aromatic heterocycles. The first kappa shape index (κ1) is 8.62. The van der Waals surface area contributed by atoms with Crippen LogP contribution in [-0.2, 0) is 0 Å². The van der Waals surface area contributed by atoms with E-state index in [1.165, 1.54) is 5.01 Å². The Morgan fingerprint density at radius 2 is 2.17 bits per heavy atom. The second-order valence-corrected chi connectivity index (χ2v) is 2.63. The van der Waals surface area contributed by atoms with Crippen LogP contribution in [0.3, 0.4) is 0 Å². The van der Waals surface area contributed by atoms with E-state index in [1.54, 1.807) is 13.1 Å². The van der Waals surface area contributed by atoms with Crippen LogP contribution in [0.4, 0.5) is 11.4 Å². The Morgan fingerprint density at radius 1 is 1.50 bits per heavy atom. The minimum Gasteiger partial charge on any atom is -0.397 e. The zero-order valence-corrected chi connectivity index (χ0v) is 7.12. The minimum absolute atomic E-state index is 0.664. The lowest BCUT2D eigenvalue weighted by molar-refractivity contribution is 1.02. The molecule has 0 unspecified atom stereocenters. The van der Waals surface area contributed by atoms with Gasteiger partial charge in [-0.1, -0.05) is 18.7 Å². The number of rotatable bonds is 2. The monoisotopic (exact) mass is 163 g/mol. The first-order valence-electron chi connectivity index (χ1n) is 3.65. The zero-order valence-electron chi connectivity index (χ0n) is 7.12. The highest BCUT2D eigenvalue weighted by atomic mass is 15.4. The van der Waals surface area contributed by atoms with Crippen LogP contribution in [0.2, 0.25) is 0 Å². The third kappa shape index (κ3) is 1.57. The molecule has 0 saturated heterocycles. The molecule has 0 aliphatic carbocycles. The maximum absolute atomic E-state index is 5.73. The van der Waals surface area contributed by atoms with Crippen molar-refractivity contribution in [3.63, 3.8) is 0 Å². The Hall–Kier alpha value is -1.48. The summed E-state index contributed by atoms with van der Waals surface area (Å²) in [7, 11) is 1.75. The van der Waals surface area contributed by atoms with Gasteiger partial charge in [-0.3, -0.25) is 0 Å². The molecule has 1 aromatic carbocycles. The third-order valence-corrected chi connectivity index (χ3v) is 1.67. The molecule has 1 aromatic rings. The normalized spacial score (nSPS) is 9.50. The first-order valence-corrected chi connectivity index (χ1v) is 3.65. The smallest absolute Gasteiger partial charge is 0.0743 e. The van der Waals surface area contributed by atoms with Crippen molar-refractivity contribution in [2.45, 2.75) is 0 Å². The molecular weight excluding hydrogens is 150 g/mol. The van der Waals surface area contributed by atoms with Gasteiger partial charge in [-0.25, -0.2) is 5.84 Å². The summed E-state index contributed by atoms with van der Waals surface area (Å²) in [5.74, 6) is 5.53. The molecule has 12 heavy (non-hydrogen) atoms. The Kier molecular flexibility index (Phi) is 2.35. The Bertz CT molecular complexity index is 292. The van der Waals surface area contributed by atoms with E-state index in [1.807, 2.05) is 18.2 Å². The predicted octanol–water partition coefficient (Wildman–Crippen LogP) is 1.22. The van der Waals surface area contributed by atoms with Gasteiger partial charge in [0.2, 0.25) is 0 Å². The van der Waals surface area contributed by atoms with Gasteiger partial charge in [0.25, 0.3) is 0 Å². The van der Waals surface area contributed by atoms with E-state index in [4.69, 9.17) is 11.6 Å². The van der Waals surface area contributed by atoms with Crippen molar-refractivity contribution in [2.75, 3.05) is 17.8 Å². The summed E-state index contributed by atoms with van der Waals surface area (Å²) in [5, 5.41) is 1.49. The van der Waals surface area contributed by atoms with Crippen molar-refractivity contribution < 1.29 is 0 Å². The third-order valence-electron chi connectivity index (χ3n) is 1.67. The fraction of sp³-hybridized carbons (Fsp3) is 0.111. The van der Waals surface area contributed by atoms with Crippen LogP contribution in [0, 0.1) is 0 Å². The summed E-state index contributed by atoms with van der Waals surface area (Å²) in [5.41, 5.74) is 8.21. The van der Waals surface area contributed by atoms with Gasteiger partial charge in [0.05, 0.1) is 11.4 Å². The number of hydrazine groups is 1. The summed E-state index contributed by atoms with van der Waals surface area (Å²) in [4.78, 5) is 0. The van der Waals surface area contributed by atoms with Crippen LogP contribution >= 0.6 is 0 Å². The van der Waals surface area contributed by atoms with Crippen LogP contribution in [0.1, 0.15) is 5.56 Å². The number of nitrogens with zero attached hydrogens (tertiary/aromatic N) is 1. The van der Waals surface area contributed by atoms with E-state index in [0.717, 1.165) is 11.3 Å². The number of benzene rings is 1. The fourth-order valence-corrected chi connectivity index (χ4v) is 1.02. The van der Waals surface area contributed by atoms with E-state index in [-0.39, 0.29) is 0 Å². The van der Waals surface area contributed by atoms with Crippen LogP contribution in [0.5, 0.6) is 0 Å². The standard InChI is InChI=1S/C9H13N3/c1-3-7-4-5-9(12(2)11)8(10)6-7/h3-6H,1,10-11H2,2H3. The van der Waals surface area contributed by atoms with Crippen molar-refractivity contribution in [1.82, 2.24) is 0 Å². The molecule has 0 spiro atoms. The highest BCUT2D eigenvalue weighted by molar-refractivity contribution is 5.70. The second-order valence-electron chi connectivity index (χ2n) is 2.63. The van der Waals surface area contributed by atoms with E-state index >= 15 is 0 Å². The quantitative estimate of drug-likeness (QED) is 0.391. The summed E-state index contributed by atoms with van der Waals surface area (Å²) in [6.07, 6.45) is 1.75. The molecule has 64 valence electrons. The molecule has 0 saturated carbocycles. The van der Waals surface area contributed by atoms with E-state index in [0.29, 0.717) is 5.69 Å². The Balaban J connectivity index is 3.11. The van der Waals surface area contributed by atoms with Crippen LogP contribution in [0.25, 0.3) is 6.08 Å². The maximum Gasteiger partial charge on any atom is 0.0743 e. The fourth-order valence-electron chi connectivity index (χ4n) is 1.02. The molecular formula is C9H13N3. The molecule has 0 heterocycles. The van der Waals surface area contributed by atoms with Gasteiger partial charge < -0.3 is 10.7 Å². The molecule has 3 nitrogen and oxygen atoms in total. The number of nitrogen functional groups attached to an aromatic ring is 1. The summed E-state index contributed by atoms with van der Waals surface area (Å²) in [6.45, 7) is 3.65. The van der Waals surface area contributed by atoms with Crippen LogP contribution < -0.4 is 16.6 Å². The lowest BCUT2D eigenvalue weighted by Crippen LogP contribution is -2.25. The molecule has 0 atom stereocenters. The molecule has 0 amide bonds. The van der Waals surface area contributed by atoms with Crippen molar-refractivity contribution in [1.29, 1.82) is 0 Å². The van der Waals surface area contributed by atoms with Crippen molar-refractivity contribution in [3.05, 3.63) is 30.3 Å². The minimum atomic E-state index is 0.664. The Morgan fingerprint density at radius 3 is 2.58 bits per heavy atom. The second kappa shape index (κ2) is 3.28. The van der Waals surface area contributed by atoms with E-state index in [2.05, 4.69) is 6.58 Å². The lowest BCUT2D eigenvalue weighted by Gasteiger charge is -2.14. The number of hydrogen-bond acceptors (Lipinski definition) is 3. The summed E-state index contributed by atoms with van der Waals surface area (Å²) < 4.78 is 0. The average Bonchev–Trinajstić information content (AvgIpc) is 2.03. The molecule has 4 N–H and O–H groups in total. The van der Waals surface area contributed by atoms with Gasteiger partial charge in [-0.05, 0) is 17.7 Å². The SMILES string of the molecule is C=Cc1ccc(N(C)N)c(N)c1. The number of hydrogen-bond donors (Lipinski definition) is 2. The molecule has 0 bridgehead atoms. The molecule has 3 heteroatoms. The van der Waals surface area contributed by atoms with E-state index in [9.17, 15) is 0 Å². The van der Waals surface area contributed by atoms with Gasteiger partial charge in [0.15, 0.2) is 0 Å². The van der Waals surface area contributed by atoms with Gasteiger partial charge in [-0.2, -0.15) is 0 Å².